The number of nitrogens with zero attached hydrogens (tertiary/aromatic N) is 1. The van der Waals surface area contributed by atoms with E-state index >= 15 is 0 Å². The van der Waals surface area contributed by atoms with Gasteiger partial charge in [0.2, 0.25) is 0 Å². The molecule has 1 saturated carbocycles. The Morgan fingerprint density at radius 2 is 1.73 bits per heavy atom. The lowest BCUT2D eigenvalue weighted by Crippen LogP contribution is -2.03. The Morgan fingerprint density at radius 3 is 2.00 bits per heavy atom. The topological polar surface area (TPSA) is 69.9 Å². The monoisotopic (exact) mass is 159 g/mol. The summed E-state index contributed by atoms with van der Waals surface area (Å²) >= 11 is 0. The van der Waals surface area contributed by atoms with E-state index in [1.165, 1.54) is 19.3 Å². The summed E-state index contributed by atoms with van der Waals surface area (Å²) in [5, 5.41) is 18.3. The Labute approximate surface area is 65.5 Å². The third-order valence-corrected chi connectivity index (χ3v) is 1.57. The fourth-order valence-corrected chi connectivity index (χ4v) is 1.06. The highest BCUT2D eigenvalue weighted by atomic mass is 16.4. The molecule has 4 heteroatoms. The number of carboxylic acid groups (broad SMARTS) is 1. The molecule has 2 N–H and O–H groups in total. The van der Waals surface area contributed by atoms with E-state index in [0.29, 0.717) is 0 Å². The molecule has 0 aromatic carbocycles. The van der Waals surface area contributed by atoms with Crippen LogP contribution in [0.4, 0.5) is 0 Å². The zero-order valence-electron chi connectivity index (χ0n) is 6.36. The highest BCUT2D eigenvalue weighted by molar-refractivity contribution is 5.84. The summed E-state index contributed by atoms with van der Waals surface area (Å²) in [5.74, 6) is 0. The van der Waals surface area contributed by atoms with E-state index in [-0.39, 0.29) is 6.47 Å². The summed E-state index contributed by atoms with van der Waals surface area (Å²) in [7, 11) is 0. The lowest BCUT2D eigenvalue weighted by atomic mass is 9.99. The van der Waals surface area contributed by atoms with Crippen molar-refractivity contribution in [1.82, 2.24) is 0 Å². The first-order valence-electron chi connectivity index (χ1n) is 3.62. The Kier molecular flexibility index (Phi) is 6.37. The van der Waals surface area contributed by atoms with Gasteiger partial charge in [-0.2, -0.15) is 0 Å². The van der Waals surface area contributed by atoms with Gasteiger partial charge in [-0.25, -0.2) is 0 Å². The zero-order chi connectivity index (χ0) is 8.53. The van der Waals surface area contributed by atoms with Gasteiger partial charge in [-0.1, -0.05) is 11.6 Å². The van der Waals surface area contributed by atoms with E-state index in [2.05, 4.69) is 5.16 Å². The minimum atomic E-state index is -0.250. The Hall–Kier alpha value is -1.06. The summed E-state index contributed by atoms with van der Waals surface area (Å²) in [4.78, 5) is 8.36. The minimum Gasteiger partial charge on any atom is -0.483 e. The van der Waals surface area contributed by atoms with Crippen molar-refractivity contribution in [3.63, 3.8) is 0 Å². The van der Waals surface area contributed by atoms with Crippen LogP contribution in [0.1, 0.15) is 32.1 Å². The highest BCUT2D eigenvalue weighted by Crippen LogP contribution is 2.13. The van der Waals surface area contributed by atoms with E-state index in [4.69, 9.17) is 15.1 Å². The molecule has 0 aromatic heterocycles. The summed E-state index contributed by atoms with van der Waals surface area (Å²) in [6, 6.07) is 0. The van der Waals surface area contributed by atoms with E-state index < -0.39 is 0 Å². The van der Waals surface area contributed by atoms with Gasteiger partial charge >= 0.3 is 0 Å². The second kappa shape index (κ2) is 7.05. The Morgan fingerprint density at radius 1 is 1.27 bits per heavy atom. The van der Waals surface area contributed by atoms with Crippen molar-refractivity contribution in [3.05, 3.63) is 0 Å². The Bertz CT molecular complexity index is 126. The molecule has 64 valence electrons. The standard InChI is InChI=1S/C6H11NO.CH2O2/c8-7-6-4-2-1-3-5-6;2-1-3/h8H,1-5H2;1H,(H,2,3). The molecule has 4 nitrogen and oxygen atoms in total. The molecular weight excluding hydrogens is 146 g/mol. The van der Waals surface area contributed by atoms with Gasteiger partial charge < -0.3 is 10.3 Å². The molecule has 1 rings (SSSR count). The molecule has 0 saturated heterocycles. The Balaban J connectivity index is 0.000000292. The van der Waals surface area contributed by atoms with Crippen LogP contribution in [0.15, 0.2) is 5.16 Å². The second-order valence-electron chi connectivity index (χ2n) is 2.33. The van der Waals surface area contributed by atoms with E-state index in [1.54, 1.807) is 0 Å². The van der Waals surface area contributed by atoms with Gasteiger partial charge in [-0.15, -0.1) is 0 Å². The van der Waals surface area contributed by atoms with Gasteiger partial charge in [0, 0.05) is 0 Å². The molecule has 0 aliphatic heterocycles. The van der Waals surface area contributed by atoms with Gasteiger partial charge in [0.15, 0.2) is 0 Å². The van der Waals surface area contributed by atoms with Gasteiger partial charge in [0.1, 0.15) is 0 Å². The third kappa shape index (κ3) is 5.39. The molecule has 0 radical (unpaired) electrons. The van der Waals surface area contributed by atoms with Crippen LogP contribution in [0.2, 0.25) is 0 Å². The maximum Gasteiger partial charge on any atom is 0.290 e. The lowest BCUT2D eigenvalue weighted by molar-refractivity contribution is -0.122. The molecule has 0 bridgehead atoms. The average molecular weight is 159 g/mol. The molecule has 0 amide bonds. The van der Waals surface area contributed by atoms with E-state index in [0.717, 1.165) is 18.6 Å². The summed E-state index contributed by atoms with van der Waals surface area (Å²) in [5.41, 5.74) is 0.983. The molecule has 0 atom stereocenters. The lowest BCUT2D eigenvalue weighted by Gasteiger charge is -2.08. The first-order valence-corrected chi connectivity index (χ1v) is 3.62. The zero-order valence-corrected chi connectivity index (χ0v) is 6.36. The van der Waals surface area contributed by atoms with E-state index in [1.807, 2.05) is 0 Å². The van der Waals surface area contributed by atoms with Crippen LogP contribution in [0.5, 0.6) is 0 Å². The first-order chi connectivity index (χ1) is 5.35. The van der Waals surface area contributed by atoms with Crippen LogP contribution < -0.4 is 0 Å². The minimum absolute atomic E-state index is 0.250. The van der Waals surface area contributed by atoms with E-state index in [9.17, 15) is 0 Å². The number of hydrogen-bond donors (Lipinski definition) is 2. The maximum atomic E-state index is 8.36. The van der Waals surface area contributed by atoms with Crippen molar-refractivity contribution in [2.24, 2.45) is 5.16 Å². The van der Waals surface area contributed by atoms with Crippen molar-refractivity contribution < 1.29 is 15.1 Å². The van der Waals surface area contributed by atoms with Crippen LogP contribution in [0.25, 0.3) is 0 Å². The van der Waals surface area contributed by atoms with Gasteiger partial charge in [0.05, 0.1) is 5.71 Å². The molecule has 0 spiro atoms. The molecule has 0 unspecified atom stereocenters. The highest BCUT2D eigenvalue weighted by Gasteiger charge is 2.05. The SMILES string of the molecule is O=CO.ON=C1CCCCC1. The quantitative estimate of drug-likeness (QED) is 0.319. The van der Waals surface area contributed by atoms with Crippen LogP contribution in [0.3, 0.4) is 0 Å². The molecular formula is C7H13NO3. The van der Waals surface area contributed by atoms with Gasteiger partial charge in [-0.3, -0.25) is 4.79 Å². The van der Waals surface area contributed by atoms with Crippen LogP contribution in [-0.4, -0.2) is 22.5 Å². The molecule has 1 aliphatic carbocycles. The molecule has 1 fully saturated rings. The van der Waals surface area contributed by atoms with Crippen molar-refractivity contribution in [2.75, 3.05) is 0 Å². The summed E-state index contributed by atoms with van der Waals surface area (Å²) < 4.78 is 0. The van der Waals surface area contributed by atoms with Crippen LogP contribution in [-0.2, 0) is 4.79 Å². The van der Waals surface area contributed by atoms with Crippen molar-refractivity contribution in [3.8, 4) is 0 Å². The fraction of sp³-hybridized carbons (Fsp3) is 0.714. The first kappa shape index (κ1) is 9.94. The predicted octanol–water partition coefficient (Wildman–Crippen LogP) is 1.48. The molecule has 0 heterocycles. The smallest absolute Gasteiger partial charge is 0.290 e. The summed E-state index contributed by atoms with van der Waals surface area (Å²) in [6.07, 6.45) is 5.74. The maximum absolute atomic E-state index is 8.36. The fourth-order valence-electron chi connectivity index (χ4n) is 1.06. The van der Waals surface area contributed by atoms with Gasteiger partial charge in [0.25, 0.3) is 6.47 Å². The largest absolute Gasteiger partial charge is 0.483 e. The van der Waals surface area contributed by atoms with Crippen molar-refractivity contribution in [1.29, 1.82) is 0 Å². The van der Waals surface area contributed by atoms with Crippen molar-refractivity contribution >= 4 is 12.2 Å². The van der Waals surface area contributed by atoms with Gasteiger partial charge in [-0.05, 0) is 25.7 Å². The number of hydrogen-bond acceptors (Lipinski definition) is 3. The molecule has 11 heavy (non-hydrogen) atoms. The van der Waals surface area contributed by atoms with Crippen molar-refractivity contribution in [2.45, 2.75) is 32.1 Å². The number of oxime groups is 1. The normalized spacial score (nSPS) is 16.2. The number of carbonyl (C=O) groups is 1. The molecule has 0 aromatic rings. The average Bonchev–Trinajstić information content (AvgIpc) is 2.08. The predicted molar refractivity (Wildman–Crippen MR) is 41.0 cm³/mol. The third-order valence-electron chi connectivity index (χ3n) is 1.57. The van der Waals surface area contributed by atoms with Crippen LogP contribution in [0, 0.1) is 0 Å². The summed E-state index contributed by atoms with van der Waals surface area (Å²) in [6.45, 7) is -0.250. The number of rotatable bonds is 0. The second-order valence-corrected chi connectivity index (χ2v) is 2.33. The molecule has 1 aliphatic rings. The van der Waals surface area contributed by atoms with Crippen LogP contribution >= 0.6 is 0 Å².